The molecule has 1 fully saturated rings. The molecule has 5 nitrogen and oxygen atoms in total. The van der Waals surface area contributed by atoms with Crippen molar-refractivity contribution in [2.75, 3.05) is 4.43 Å². The second-order valence-electron chi connectivity index (χ2n) is 11.2. The van der Waals surface area contributed by atoms with Crippen molar-refractivity contribution in [1.82, 2.24) is 0 Å². The zero-order valence-corrected chi connectivity index (χ0v) is 25.4. The van der Waals surface area contributed by atoms with Crippen LogP contribution in [0, 0.1) is 5.92 Å². The molecule has 0 bridgehead atoms. The van der Waals surface area contributed by atoms with E-state index in [2.05, 4.69) is 76.4 Å². The molecule has 1 heterocycles. The maximum absolute atomic E-state index is 12.9. The van der Waals surface area contributed by atoms with Gasteiger partial charge in [-0.25, -0.2) is 4.79 Å². The average molecular weight is 603 g/mol. The van der Waals surface area contributed by atoms with Gasteiger partial charge in [0.15, 0.2) is 14.1 Å². The molecule has 7 heteroatoms. The lowest BCUT2D eigenvalue weighted by atomic mass is 10.0. The molecule has 0 aromatic heterocycles. The summed E-state index contributed by atoms with van der Waals surface area (Å²) in [5.41, 5.74) is 0.521. The molecule has 0 spiro atoms. The number of hydrogen-bond donors (Lipinski definition) is 0. The monoisotopic (exact) mass is 602 g/mol. The van der Waals surface area contributed by atoms with Crippen LogP contribution >= 0.6 is 22.6 Å². The minimum absolute atomic E-state index is 0.0462. The second kappa shape index (κ2) is 12.0. The van der Waals surface area contributed by atoms with E-state index in [9.17, 15) is 4.79 Å². The highest BCUT2D eigenvalue weighted by Gasteiger charge is 2.45. The van der Waals surface area contributed by atoms with E-state index in [0.717, 1.165) is 10.8 Å². The van der Waals surface area contributed by atoms with Gasteiger partial charge in [0.2, 0.25) is 0 Å². The van der Waals surface area contributed by atoms with E-state index in [1.165, 1.54) is 0 Å². The van der Waals surface area contributed by atoms with Gasteiger partial charge in [0.05, 0.1) is 11.7 Å². The SMILES string of the molecule is C[C@H](O[Si](C)(C)C(C)(C)C)[C@@H](C)/C=C\C(OC(=O)c1ccccc1)[C@H]1OC(C)(C)O[C@@H]1CCI. The van der Waals surface area contributed by atoms with Crippen LogP contribution in [0.1, 0.15) is 65.2 Å². The van der Waals surface area contributed by atoms with Crippen molar-refractivity contribution >= 4 is 36.9 Å². The molecule has 0 saturated carbocycles. The van der Waals surface area contributed by atoms with Gasteiger partial charge in [0, 0.05) is 10.5 Å². The molecule has 5 atom stereocenters. The lowest BCUT2D eigenvalue weighted by Crippen LogP contribution is -2.44. The summed E-state index contributed by atoms with van der Waals surface area (Å²) < 4.78 is 25.9. The molecule has 34 heavy (non-hydrogen) atoms. The van der Waals surface area contributed by atoms with Crippen LogP contribution in [0.15, 0.2) is 42.5 Å². The lowest BCUT2D eigenvalue weighted by molar-refractivity contribution is -0.153. The summed E-state index contributed by atoms with van der Waals surface area (Å²) >= 11 is 2.34. The second-order valence-corrected chi connectivity index (χ2v) is 17.0. The van der Waals surface area contributed by atoms with Gasteiger partial charge in [-0.05, 0) is 69.5 Å². The van der Waals surface area contributed by atoms with Crippen LogP contribution in [0.3, 0.4) is 0 Å². The van der Waals surface area contributed by atoms with Crippen molar-refractivity contribution in [3.8, 4) is 0 Å². The van der Waals surface area contributed by atoms with Crippen LogP contribution in [0.5, 0.6) is 0 Å². The van der Waals surface area contributed by atoms with Gasteiger partial charge >= 0.3 is 5.97 Å². The Morgan fingerprint density at radius 3 is 2.32 bits per heavy atom. The molecule has 0 aliphatic carbocycles. The number of alkyl halides is 1. The number of halogens is 1. The van der Waals surface area contributed by atoms with Crippen molar-refractivity contribution in [3.63, 3.8) is 0 Å². The topological polar surface area (TPSA) is 54.0 Å². The van der Waals surface area contributed by atoms with Crippen molar-refractivity contribution in [2.45, 2.75) is 103 Å². The lowest BCUT2D eigenvalue weighted by Gasteiger charge is -2.39. The molecule has 2 rings (SSSR count). The minimum Gasteiger partial charge on any atom is -0.452 e. The van der Waals surface area contributed by atoms with Gasteiger partial charge in [-0.1, -0.05) is 74.6 Å². The van der Waals surface area contributed by atoms with Crippen molar-refractivity contribution in [3.05, 3.63) is 48.0 Å². The van der Waals surface area contributed by atoms with Gasteiger partial charge in [-0.2, -0.15) is 0 Å². The van der Waals surface area contributed by atoms with Crippen LogP contribution in [-0.2, 0) is 18.6 Å². The van der Waals surface area contributed by atoms with Crippen LogP contribution in [-0.4, -0.2) is 48.9 Å². The van der Waals surface area contributed by atoms with Crippen LogP contribution in [0.25, 0.3) is 0 Å². The Balaban J connectivity index is 2.24. The Labute approximate surface area is 221 Å². The van der Waals surface area contributed by atoms with E-state index in [1.807, 2.05) is 38.1 Å². The Morgan fingerprint density at radius 2 is 1.76 bits per heavy atom. The summed E-state index contributed by atoms with van der Waals surface area (Å²) in [5.74, 6) is -0.947. The zero-order valence-electron chi connectivity index (χ0n) is 22.3. The summed E-state index contributed by atoms with van der Waals surface area (Å²) in [4.78, 5) is 12.9. The Hall–Kier alpha value is -0.743. The summed E-state index contributed by atoms with van der Waals surface area (Å²) in [7, 11) is -1.89. The first-order valence-corrected chi connectivity index (χ1v) is 16.6. The third kappa shape index (κ3) is 8.15. The van der Waals surface area contributed by atoms with Gasteiger partial charge in [-0.3, -0.25) is 0 Å². The molecule has 1 aliphatic rings. The molecule has 1 saturated heterocycles. The first kappa shape index (κ1) is 29.5. The van der Waals surface area contributed by atoms with Gasteiger partial charge in [0.1, 0.15) is 12.2 Å². The number of benzene rings is 1. The van der Waals surface area contributed by atoms with E-state index >= 15 is 0 Å². The van der Waals surface area contributed by atoms with E-state index in [4.69, 9.17) is 18.6 Å². The van der Waals surface area contributed by atoms with E-state index < -0.39 is 20.2 Å². The molecular weight excluding hydrogens is 559 g/mol. The molecule has 1 aromatic carbocycles. The van der Waals surface area contributed by atoms with Crippen LogP contribution < -0.4 is 0 Å². The minimum atomic E-state index is -1.89. The third-order valence-corrected chi connectivity index (χ3v) is 12.0. The zero-order chi connectivity index (χ0) is 25.7. The largest absolute Gasteiger partial charge is 0.452 e. The first-order valence-electron chi connectivity index (χ1n) is 12.2. The van der Waals surface area contributed by atoms with Crippen LogP contribution in [0.4, 0.5) is 0 Å². The number of carbonyl (C=O) groups excluding carboxylic acids is 1. The number of rotatable bonds is 10. The quantitative estimate of drug-likeness (QED) is 0.0936. The van der Waals surface area contributed by atoms with Crippen molar-refractivity contribution in [1.29, 1.82) is 0 Å². The molecular formula is C27H43IO5Si. The highest BCUT2D eigenvalue weighted by molar-refractivity contribution is 14.1. The number of hydrogen-bond acceptors (Lipinski definition) is 5. The Morgan fingerprint density at radius 1 is 1.15 bits per heavy atom. The standard InChI is InChI=1S/C27H43IO5Si/c1-19(20(2)33-34(8,9)26(3,4)5)15-16-22(30-25(29)21-13-11-10-12-14-21)24-23(17-18-28)31-27(6,7)32-24/h10-16,19-20,22-24H,17-18H2,1-9H3/b16-15-/t19-,20-,22?,23+,24+/m0/s1. The maximum Gasteiger partial charge on any atom is 0.338 e. The van der Waals surface area contributed by atoms with E-state index in [-0.39, 0.29) is 35.2 Å². The predicted molar refractivity (Wildman–Crippen MR) is 149 cm³/mol. The molecule has 0 radical (unpaired) electrons. The number of esters is 1. The third-order valence-electron chi connectivity index (χ3n) is 6.82. The molecule has 1 aromatic rings. The van der Waals surface area contributed by atoms with Gasteiger partial charge < -0.3 is 18.6 Å². The molecule has 1 aliphatic heterocycles. The highest BCUT2D eigenvalue weighted by atomic mass is 127. The number of ether oxygens (including phenoxy) is 3. The number of carbonyl (C=O) groups is 1. The predicted octanol–water partition coefficient (Wildman–Crippen LogP) is 7.16. The molecule has 0 amide bonds. The van der Waals surface area contributed by atoms with E-state index in [1.54, 1.807) is 12.1 Å². The van der Waals surface area contributed by atoms with Crippen molar-refractivity contribution in [2.24, 2.45) is 5.92 Å². The molecule has 1 unspecified atom stereocenters. The summed E-state index contributed by atoms with van der Waals surface area (Å²) in [5, 5.41) is 0.145. The molecule has 192 valence electrons. The fourth-order valence-corrected chi connectivity index (χ4v) is 5.76. The fraction of sp³-hybridized carbons (Fsp3) is 0.667. The first-order chi connectivity index (χ1) is 15.7. The fourth-order valence-electron chi connectivity index (χ4n) is 3.64. The summed E-state index contributed by atoms with van der Waals surface area (Å²) in [6.07, 6.45) is 3.83. The maximum atomic E-state index is 12.9. The molecule has 0 N–H and O–H groups in total. The Bertz CT molecular complexity index is 818. The Kier molecular flexibility index (Phi) is 10.4. The van der Waals surface area contributed by atoms with E-state index in [0.29, 0.717) is 5.56 Å². The smallest absolute Gasteiger partial charge is 0.338 e. The summed E-state index contributed by atoms with van der Waals surface area (Å²) in [6.45, 7) is 19.4. The highest BCUT2D eigenvalue weighted by Crippen LogP contribution is 2.38. The van der Waals surface area contributed by atoms with Crippen molar-refractivity contribution < 1.29 is 23.4 Å². The van der Waals surface area contributed by atoms with Gasteiger partial charge in [-0.15, -0.1) is 0 Å². The normalized spacial score (nSPS) is 23.6. The van der Waals surface area contributed by atoms with Crippen LogP contribution in [0.2, 0.25) is 18.1 Å². The van der Waals surface area contributed by atoms with Gasteiger partial charge in [0.25, 0.3) is 0 Å². The summed E-state index contributed by atoms with van der Waals surface area (Å²) in [6, 6.07) is 9.08. The average Bonchev–Trinajstić information content (AvgIpc) is 3.04.